The minimum absolute atomic E-state index is 0.279. The molecule has 0 saturated carbocycles. The van der Waals surface area contributed by atoms with E-state index in [1.54, 1.807) is 30.0 Å². The molecule has 0 aliphatic heterocycles. The molecule has 1 unspecified atom stereocenters. The Labute approximate surface area is 184 Å². The molecular weight excluding hydrogens is 427 g/mol. The van der Waals surface area contributed by atoms with Crippen LogP contribution in [0.25, 0.3) is 0 Å². The molecule has 29 heavy (non-hydrogen) atoms. The average molecular weight is 449 g/mol. The standard InChI is InChI=1S/C21H22Cl2N4OS/c1-4-27-19(14(3)24-20(28)17-10-9-16(22)11-18(17)23)25-26-21(27)29-12-15-7-5-13(2)6-8-15/h5-11,14H,4,12H2,1-3H3,(H,24,28). The third-order valence-corrected chi connectivity index (χ3v) is 6.05. The van der Waals surface area contributed by atoms with E-state index in [9.17, 15) is 4.79 Å². The van der Waals surface area contributed by atoms with Crippen LogP contribution in [0.4, 0.5) is 0 Å². The van der Waals surface area contributed by atoms with Gasteiger partial charge >= 0.3 is 0 Å². The number of hydrogen-bond donors (Lipinski definition) is 1. The second-order valence-corrected chi connectivity index (χ2v) is 8.46. The van der Waals surface area contributed by atoms with E-state index in [1.807, 2.05) is 18.4 Å². The van der Waals surface area contributed by atoms with Gasteiger partial charge in [0.05, 0.1) is 16.6 Å². The van der Waals surface area contributed by atoms with E-state index in [1.165, 1.54) is 11.1 Å². The monoisotopic (exact) mass is 448 g/mol. The summed E-state index contributed by atoms with van der Waals surface area (Å²) >= 11 is 13.7. The molecule has 0 bridgehead atoms. The van der Waals surface area contributed by atoms with Crippen molar-refractivity contribution in [2.75, 3.05) is 0 Å². The predicted octanol–water partition coefficient (Wildman–Crippen LogP) is 5.70. The van der Waals surface area contributed by atoms with Crippen LogP contribution in [0, 0.1) is 6.92 Å². The van der Waals surface area contributed by atoms with Crippen LogP contribution >= 0.6 is 35.0 Å². The minimum Gasteiger partial charge on any atom is -0.342 e. The van der Waals surface area contributed by atoms with Crippen LogP contribution in [-0.4, -0.2) is 20.7 Å². The molecule has 1 amide bonds. The first-order valence-electron chi connectivity index (χ1n) is 9.26. The predicted molar refractivity (Wildman–Crippen MR) is 119 cm³/mol. The Morgan fingerprint density at radius 2 is 1.90 bits per heavy atom. The van der Waals surface area contributed by atoms with E-state index in [0.717, 1.165) is 10.9 Å². The Kier molecular flexibility index (Phi) is 7.22. The number of benzene rings is 2. The highest BCUT2D eigenvalue weighted by molar-refractivity contribution is 7.98. The Balaban J connectivity index is 1.71. The molecule has 1 heterocycles. The van der Waals surface area contributed by atoms with Gasteiger partial charge in [0.1, 0.15) is 0 Å². The van der Waals surface area contributed by atoms with Gasteiger partial charge in [-0.3, -0.25) is 4.79 Å². The van der Waals surface area contributed by atoms with E-state index in [2.05, 4.69) is 46.7 Å². The summed E-state index contributed by atoms with van der Waals surface area (Å²) in [4.78, 5) is 12.6. The van der Waals surface area contributed by atoms with Crippen molar-refractivity contribution in [1.29, 1.82) is 0 Å². The molecule has 3 rings (SSSR count). The fourth-order valence-corrected chi connectivity index (χ4v) is 4.33. The maximum Gasteiger partial charge on any atom is 0.253 e. The lowest BCUT2D eigenvalue weighted by Crippen LogP contribution is -2.29. The Hall–Kier alpha value is -2.02. The van der Waals surface area contributed by atoms with Crippen molar-refractivity contribution in [3.8, 4) is 0 Å². The number of carbonyl (C=O) groups is 1. The molecule has 0 fully saturated rings. The van der Waals surface area contributed by atoms with Crippen molar-refractivity contribution >= 4 is 40.9 Å². The number of nitrogens with one attached hydrogen (secondary N) is 1. The van der Waals surface area contributed by atoms with Crippen molar-refractivity contribution < 1.29 is 4.79 Å². The highest BCUT2D eigenvalue weighted by Gasteiger charge is 2.20. The summed E-state index contributed by atoms with van der Waals surface area (Å²) < 4.78 is 2.02. The SMILES string of the molecule is CCn1c(SCc2ccc(C)cc2)nnc1C(C)NC(=O)c1ccc(Cl)cc1Cl. The van der Waals surface area contributed by atoms with Gasteiger partial charge in [0.15, 0.2) is 11.0 Å². The average Bonchev–Trinajstić information content (AvgIpc) is 3.10. The van der Waals surface area contributed by atoms with Gasteiger partial charge in [-0.05, 0) is 44.5 Å². The molecule has 5 nitrogen and oxygen atoms in total. The number of carbonyl (C=O) groups excluding carboxylic acids is 1. The zero-order chi connectivity index (χ0) is 21.0. The fourth-order valence-electron chi connectivity index (χ4n) is 2.87. The molecule has 1 N–H and O–H groups in total. The molecule has 152 valence electrons. The first-order valence-corrected chi connectivity index (χ1v) is 11.0. The lowest BCUT2D eigenvalue weighted by Gasteiger charge is -2.15. The zero-order valence-corrected chi connectivity index (χ0v) is 18.8. The molecule has 0 spiro atoms. The van der Waals surface area contributed by atoms with Gasteiger partial charge in [-0.15, -0.1) is 10.2 Å². The molecule has 0 aliphatic carbocycles. The van der Waals surface area contributed by atoms with Gasteiger partial charge in [0, 0.05) is 17.3 Å². The van der Waals surface area contributed by atoms with E-state index < -0.39 is 0 Å². The Morgan fingerprint density at radius 1 is 1.17 bits per heavy atom. The van der Waals surface area contributed by atoms with Crippen molar-refractivity contribution in [3.05, 3.63) is 75.0 Å². The summed E-state index contributed by atoms with van der Waals surface area (Å²) in [6.07, 6.45) is 0. The maximum absolute atomic E-state index is 12.6. The van der Waals surface area contributed by atoms with E-state index in [0.29, 0.717) is 28.0 Å². The Morgan fingerprint density at radius 3 is 2.55 bits per heavy atom. The number of aryl methyl sites for hydroxylation is 1. The van der Waals surface area contributed by atoms with Crippen LogP contribution in [0.5, 0.6) is 0 Å². The van der Waals surface area contributed by atoms with Crippen molar-refractivity contribution in [3.63, 3.8) is 0 Å². The third-order valence-electron chi connectivity index (χ3n) is 4.46. The minimum atomic E-state index is -0.324. The molecule has 1 aromatic heterocycles. The number of nitrogens with zero attached hydrogens (tertiary/aromatic N) is 3. The van der Waals surface area contributed by atoms with Crippen LogP contribution in [0.2, 0.25) is 10.0 Å². The van der Waals surface area contributed by atoms with Gasteiger partial charge in [0.2, 0.25) is 0 Å². The quantitative estimate of drug-likeness (QED) is 0.471. The highest BCUT2D eigenvalue weighted by atomic mass is 35.5. The lowest BCUT2D eigenvalue weighted by atomic mass is 10.2. The fraction of sp³-hybridized carbons (Fsp3) is 0.286. The zero-order valence-electron chi connectivity index (χ0n) is 16.4. The number of rotatable bonds is 7. The molecular formula is C21H22Cl2N4OS. The topological polar surface area (TPSA) is 59.8 Å². The van der Waals surface area contributed by atoms with E-state index in [4.69, 9.17) is 23.2 Å². The van der Waals surface area contributed by atoms with E-state index >= 15 is 0 Å². The highest BCUT2D eigenvalue weighted by Crippen LogP contribution is 2.25. The number of amides is 1. The van der Waals surface area contributed by atoms with Crippen molar-refractivity contribution in [2.24, 2.45) is 0 Å². The van der Waals surface area contributed by atoms with Crippen LogP contribution in [0.15, 0.2) is 47.6 Å². The summed E-state index contributed by atoms with van der Waals surface area (Å²) in [5.74, 6) is 1.23. The van der Waals surface area contributed by atoms with Gasteiger partial charge < -0.3 is 9.88 Å². The largest absolute Gasteiger partial charge is 0.342 e. The second-order valence-electron chi connectivity index (χ2n) is 6.68. The van der Waals surface area contributed by atoms with Crippen LogP contribution in [-0.2, 0) is 12.3 Å². The second kappa shape index (κ2) is 9.65. The van der Waals surface area contributed by atoms with Gasteiger partial charge in [-0.1, -0.05) is 64.8 Å². The van der Waals surface area contributed by atoms with Crippen LogP contribution in [0.3, 0.4) is 0 Å². The smallest absolute Gasteiger partial charge is 0.253 e. The number of hydrogen-bond acceptors (Lipinski definition) is 4. The first-order chi connectivity index (χ1) is 13.9. The van der Waals surface area contributed by atoms with Crippen molar-refractivity contribution in [2.45, 2.75) is 44.3 Å². The van der Waals surface area contributed by atoms with Crippen molar-refractivity contribution in [1.82, 2.24) is 20.1 Å². The molecule has 0 radical (unpaired) electrons. The summed E-state index contributed by atoms with van der Waals surface area (Å²) in [7, 11) is 0. The third kappa shape index (κ3) is 5.32. The molecule has 0 saturated heterocycles. The normalized spacial score (nSPS) is 12.0. The van der Waals surface area contributed by atoms with Crippen LogP contribution < -0.4 is 5.32 Å². The molecule has 3 aromatic rings. The maximum atomic E-state index is 12.6. The number of halogens is 2. The molecule has 1 atom stereocenters. The van der Waals surface area contributed by atoms with Gasteiger partial charge in [-0.2, -0.15) is 0 Å². The van der Waals surface area contributed by atoms with Gasteiger partial charge in [0.25, 0.3) is 5.91 Å². The molecule has 0 aliphatic rings. The summed E-state index contributed by atoms with van der Waals surface area (Å²) in [6.45, 7) is 6.70. The first kappa shape index (κ1) is 21.7. The molecule has 8 heteroatoms. The summed E-state index contributed by atoms with van der Waals surface area (Å²) in [5.41, 5.74) is 2.84. The summed E-state index contributed by atoms with van der Waals surface area (Å²) in [6, 6.07) is 12.9. The number of thioether (sulfide) groups is 1. The van der Waals surface area contributed by atoms with Crippen LogP contribution in [0.1, 0.15) is 47.2 Å². The number of aromatic nitrogens is 3. The van der Waals surface area contributed by atoms with Gasteiger partial charge in [-0.25, -0.2) is 0 Å². The Bertz CT molecular complexity index is 1000. The molecule has 2 aromatic carbocycles. The van der Waals surface area contributed by atoms with E-state index in [-0.39, 0.29) is 11.9 Å². The lowest BCUT2D eigenvalue weighted by molar-refractivity contribution is 0.0937. The summed E-state index contributed by atoms with van der Waals surface area (Å²) in [5, 5.41) is 13.2.